The monoisotopic (exact) mass is 400 g/mol. The van der Waals surface area contributed by atoms with Gasteiger partial charge in [0.2, 0.25) is 11.7 Å². The van der Waals surface area contributed by atoms with Gasteiger partial charge in [0.1, 0.15) is 0 Å². The van der Waals surface area contributed by atoms with Gasteiger partial charge in [-0.25, -0.2) is 0 Å². The van der Waals surface area contributed by atoms with Crippen molar-refractivity contribution in [1.29, 1.82) is 0 Å². The van der Waals surface area contributed by atoms with E-state index >= 15 is 0 Å². The molecule has 2 N–H and O–H groups in total. The molecule has 2 aromatic rings. The third-order valence-corrected chi connectivity index (χ3v) is 4.65. The van der Waals surface area contributed by atoms with Gasteiger partial charge in [-0.3, -0.25) is 9.59 Å². The third-order valence-electron chi connectivity index (χ3n) is 4.65. The number of rotatable bonds is 10. The molecule has 0 saturated carbocycles. The van der Waals surface area contributed by atoms with Crippen LogP contribution in [0.5, 0.6) is 17.2 Å². The maximum atomic E-state index is 12.5. The zero-order valence-corrected chi connectivity index (χ0v) is 17.3. The molecule has 0 aromatic heterocycles. The molecule has 1 unspecified atom stereocenters. The number of hydrogen-bond acceptors (Lipinski definition) is 5. The molecule has 0 spiro atoms. The highest BCUT2D eigenvalue weighted by Crippen LogP contribution is 2.38. The van der Waals surface area contributed by atoms with Crippen LogP contribution in [0.4, 0.5) is 0 Å². The first-order chi connectivity index (χ1) is 14.0. The van der Waals surface area contributed by atoms with E-state index in [1.807, 2.05) is 30.3 Å². The highest BCUT2D eigenvalue weighted by atomic mass is 16.5. The van der Waals surface area contributed by atoms with E-state index in [9.17, 15) is 9.59 Å². The van der Waals surface area contributed by atoms with E-state index < -0.39 is 5.91 Å². The first-order valence-corrected chi connectivity index (χ1v) is 9.43. The number of amides is 2. The van der Waals surface area contributed by atoms with Crippen LogP contribution < -0.4 is 24.8 Å². The molecule has 0 aliphatic rings. The summed E-state index contributed by atoms with van der Waals surface area (Å²) in [7, 11) is 4.44. The Labute approximate surface area is 171 Å². The van der Waals surface area contributed by atoms with Crippen LogP contribution in [0.1, 0.15) is 35.2 Å². The van der Waals surface area contributed by atoms with Gasteiger partial charge in [-0.1, -0.05) is 37.3 Å². The molecule has 0 aliphatic heterocycles. The third kappa shape index (κ3) is 5.88. The van der Waals surface area contributed by atoms with Crippen molar-refractivity contribution in [3.05, 3.63) is 53.6 Å². The molecule has 0 saturated heterocycles. The summed E-state index contributed by atoms with van der Waals surface area (Å²) in [6.45, 7) is 2.47. The van der Waals surface area contributed by atoms with Gasteiger partial charge in [-0.2, -0.15) is 0 Å². The average molecular weight is 400 g/mol. The highest BCUT2D eigenvalue weighted by Gasteiger charge is 2.18. The lowest BCUT2D eigenvalue weighted by molar-refractivity contribution is -0.120. The predicted molar refractivity (Wildman–Crippen MR) is 111 cm³/mol. The minimum absolute atomic E-state index is 0.124. The number of carbonyl (C=O) groups is 2. The van der Waals surface area contributed by atoms with E-state index in [1.165, 1.54) is 39.0 Å². The van der Waals surface area contributed by atoms with Crippen molar-refractivity contribution < 1.29 is 23.8 Å². The summed E-state index contributed by atoms with van der Waals surface area (Å²) >= 11 is 0. The fourth-order valence-corrected chi connectivity index (χ4v) is 3.00. The van der Waals surface area contributed by atoms with Crippen molar-refractivity contribution in [2.75, 3.05) is 34.4 Å². The van der Waals surface area contributed by atoms with Gasteiger partial charge in [0.05, 0.1) is 27.9 Å². The van der Waals surface area contributed by atoms with Gasteiger partial charge in [0.15, 0.2) is 11.5 Å². The Hall–Kier alpha value is -3.22. The lowest BCUT2D eigenvalue weighted by Gasteiger charge is -2.16. The number of hydrogen-bond donors (Lipinski definition) is 2. The summed E-state index contributed by atoms with van der Waals surface area (Å²) in [4.78, 5) is 24.6. The topological polar surface area (TPSA) is 85.9 Å². The molecule has 7 heteroatoms. The zero-order chi connectivity index (χ0) is 21.2. The fourth-order valence-electron chi connectivity index (χ4n) is 3.00. The minimum atomic E-state index is -0.408. The Morgan fingerprint density at radius 1 is 0.931 bits per heavy atom. The maximum absolute atomic E-state index is 12.5. The fraction of sp³-hybridized carbons (Fsp3) is 0.364. The SMILES string of the molecule is CCC(CNC(=O)CNC(=O)c1cc(OC)c(OC)c(OC)c1)c1ccccc1. The Morgan fingerprint density at radius 2 is 1.55 bits per heavy atom. The Morgan fingerprint density at radius 3 is 2.07 bits per heavy atom. The van der Waals surface area contributed by atoms with Crippen molar-refractivity contribution in [3.63, 3.8) is 0 Å². The summed E-state index contributed by atoms with van der Waals surface area (Å²) in [5.41, 5.74) is 1.49. The largest absolute Gasteiger partial charge is 0.493 e. The summed E-state index contributed by atoms with van der Waals surface area (Å²) in [5, 5.41) is 5.50. The van der Waals surface area contributed by atoms with E-state index in [-0.39, 0.29) is 18.4 Å². The molecule has 2 aromatic carbocycles. The van der Waals surface area contributed by atoms with Crippen molar-refractivity contribution >= 4 is 11.8 Å². The van der Waals surface area contributed by atoms with Crippen molar-refractivity contribution in [2.24, 2.45) is 0 Å². The minimum Gasteiger partial charge on any atom is -0.493 e. The van der Waals surface area contributed by atoms with Crippen LogP contribution in [0.3, 0.4) is 0 Å². The Kier molecular flexibility index (Phi) is 8.33. The van der Waals surface area contributed by atoms with Crippen molar-refractivity contribution in [3.8, 4) is 17.2 Å². The number of nitrogens with one attached hydrogen (secondary N) is 2. The predicted octanol–water partition coefficient (Wildman–Crippen LogP) is 2.75. The van der Waals surface area contributed by atoms with Crippen LogP contribution >= 0.6 is 0 Å². The molecule has 7 nitrogen and oxygen atoms in total. The normalized spacial score (nSPS) is 11.3. The molecular formula is C22H28N2O5. The van der Waals surface area contributed by atoms with E-state index in [0.717, 1.165) is 6.42 Å². The molecule has 0 fully saturated rings. The summed E-state index contributed by atoms with van der Waals surface area (Å²) in [5.74, 6) is 0.710. The van der Waals surface area contributed by atoms with E-state index in [0.29, 0.717) is 29.4 Å². The molecule has 2 rings (SSSR count). The molecule has 156 valence electrons. The highest BCUT2D eigenvalue weighted by molar-refractivity contribution is 5.97. The first-order valence-electron chi connectivity index (χ1n) is 9.43. The zero-order valence-electron chi connectivity index (χ0n) is 17.3. The molecule has 1 atom stereocenters. The average Bonchev–Trinajstić information content (AvgIpc) is 2.77. The Bertz CT molecular complexity index is 798. The summed E-state index contributed by atoms with van der Waals surface area (Å²) < 4.78 is 15.7. The van der Waals surface area contributed by atoms with E-state index in [1.54, 1.807) is 0 Å². The standard InChI is InChI=1S/C22H28N2O5/c1-5-15(16-9-7-6-8-10-16)13-23-20(25)14-24-22(26)17-11-18(27-2)21(29-4)19(12-17)28-3/h6-12,15H,5,13-14H2,1-4H3,(H,23,25)(H,24,26). The lowest BCUT2D eigenvalue weighted by atomic mass is 9.96. The van der Waals surface area contributed by atoms with Gasteiger partial charge in [-0.15, -0.1) is 0 Å². The van der Waals surface area contributed by atoms with Crippen LogP contribution in [-0.4, -0.2) is 46.2 Å². The number of carbonyl (C=O) groups excluding carboxylic acids is 2. The Balaban J connectivity index is 1.94. The second-order valence-electron chi connectivity index (χ2n) is 6.42. The molecule has 0 aliphatic carbocycles. The molecule has 0 heterocycles. The van der Waals surface area contributed by atoms with Crippen molar-refractivity contribution in [1.82, 2.24) is 10.6 Å². The summed E-state index contributed by atoms with van der Waals surface area (Å²) in [6, 6.07) is 13.1. The van der Waals surface area contributed by atoms with Crippen LogP contribution in [0.25, 0.3) is 0 Å². The van der Waals surface area contributed by atoms with Gasteiger partial charge in [-0.05, 0) is 24.1 Å². The van der Waals surface area contributed by atoms with Gasteiger partial charge < -0.3 is 24.8 Å². The quantitative estimate of drug-likeness (QED) is 0.641. The summed E-state index contributed by atoms with van der Waals surface area (Å²) in [6.07, 6.45) is 0.905. The van der Waals surface area contributed by atoms with Gasteiger partial charge in [0, 0.05) is 18.0 Å². The van der Waals surface area contributed by atoms with E-state index in [2.05, 4.69) is 17.6 Å². The molecule has 0 radical (unpaired) electrons. The van der Waals surface area contributed by atoms with Crippen LogP contribution in [0, 0.1) is 0 Å². The van der Waals surface area contributed by atoms with E-state index in [4.69, 9.17) is 14.2 Å². The molecule has 2 amide bonds. The molecule has 0 bridgehead atoms. The lowest BCUT2D eigenvalue weighted by Crippen LogP contribution is -2.38. The van der Waals surface area contributed by atoms with Crippen LogP contribution in [-0.2, 0) is 4.79 Å². The van der Waals surface area contributed by atoms with Gasteiger partial charge >= 0.3 is 0 Å². The molecule has 29 heavy (non-hydrogen) atoms. The maximum Gasteiger partial charge on any atom is 0.251 e. The van der Waals surface area contributed by atoms with Gasteiger partial charge in [0.25, 0.3) is 5.91 Å². The molecular weight excluding hydrogens is 372 g/mol. The second kappa shape index (κ2) is 10.9. The first kappa shape index (κ1) is 22.1. The number of methoxy groups -OCH3 is 3. The number of benzene rings is 2. The smallest absolute Gasteiger partial charge is 0.251 e. The van der Waals surface area contributed by atoms with Crippen LogP contribution in [0.2, 0.25) is 0 Å². The van der Waals surface area contributed by atoms with Crippen LogP contribution in [0.15, 0.2) is 42.5 Å². The number of ether oxygens (including phenoxy) is 3. The second-order valence-corrected chi connectivity index (χ2v) is 6.42. The van der Waals surface area contributed by atoms with Crippen molar-refractivity contribution in [2.45, 2.75) is 19.3 Å².